The van der Waals surface area contributed by atoms with Crippen molar-refractivity contribution < 1.29 is 28.7 Å². The summed E-state index contributed by atoms with van der Waals surface area (Å²) in [6.45, 7) is 7.11. The van der Waals surface area contributed by atoms with Crippen LogP contribution in [0.25, 0.3) is 0 Å². The van der Waals surface area contributed by atoms with E-state index in [1.807, 2.05) is 25.7 Å². The zero-order chi connectivity index (χ0) is 25.9. The van der Waals surface area contributed by atoms with Crippen LogP contribution in [0.4, 0.5) is 0 Å². The van der Waals surface area contributed by atoms with E-state index >= 15 is 0 Å². The minimum atomic E-state index is -0.485. The number of nitrogens with one attached hydrogen (secondary N) is 4. The van der Waals surface area contributed by atoms with Crippen LogP contribution in [0.3, 0.4) is 0 Å². The Morgan fingerprint density at radius 2 is 1.74 bits per heavy atom. The number of carbonyl (C=O) groups excluding carboxylic acids is 4. The minimum absolute atomic E-state index is 0.0632. The van der Waals surface area contributed by atoms with E-state index in [2.05, 4.69) is 33.1 Å². The van der Waals surface area contributed by atoms with Crippen molar-refractivity contribution in [3.63, 3.8) is 0 Å². The first-order valence-corrected chi connectivity index (χ1v) is 12.3. The van der Waals surface area contributed by atoms with Crippen LogP contribution in [0.5, 0.6) is 0 Å². The second-order valence-electron chi connectivity index (χ2n) is 8.24. The molecule has 1 saturated heterocycles. The molecule has 1 rings (SSSR count). The molecule has 2 unspecified atom stereocenters. The smallest absolute Gasteiger partial charge is 0.246 e. The number of ether oxygens (including phenoxy) is 2. The fourth-order valence-electron chi connectivity index (χ4n) is 3.25. The second-order valence-corrected chi connectivity index (χ2v) is 8.24. The molecule has 11 heteroatoms. The van der Waals surface area contributed by atoms with Gasteiger partial charge >= 0.3 is 0 Å². The van der Waals surface area contributed by atoms with E-state index in [9.17, 15) is 19.2 Å². The lowest BCUT2D eigenvalue weighted by Crippen LogP contribution is -2.43. The maximum absolute atomic E-state index is 12.0. The second kappa shape index (κ2) is 18.6. The molecule has 0 spiro atoms. The number of unbranched alkanes of at least 4 members (excludes halogenated alkanes) is 1. The Labute approximate surface area is 208 Å². The van der Waals surface area contributed by atoms with Gasteiger partial charge in [-0.2, -0.15) is 0 Å². The Morgan fingerprint density at radius 1 is 1.03 bits per heavy atom. The van der Waals surface area contributed by atoms with Gasteiger partial charge < -0.3 is 30.3 Å². The van der Waals surface area contributed by atoms with E-state index in [1.165, 1.54) is 0 Å². The van der Waals surface area contributed by atoms with Crippen LogP contribution in [-0.4, -0.2) is 93.3 Å². The summed E-state index contributed by atoms with van der Waals surface area (Å²) in [5.41, 5.74) is 0. The number of rotatable bonds is 16. The first-order valence-electron chi connectivity index (χ1n) is 12.3. The van der Waals surface area contributed by atoms with E-state index < -0.39 is 11.8 Å². The molecule has 0 aromatic heterocycles. The number of likely N-dealkylation sites (tertiary alicyclic amines) is 1. The van der Waals surface area contributed by atoms with Gasteiger partial charge in [-0.05, 0) is 32.6 Å². The average Bonchev–Trinajstić information content (AvgIpc) is 3.28. The van der Waals surface area contributed by atoms with Crippen LogP contribution in [0.2, 0.25) is 0 Å². The highest BCUT2D eigenvalue weighted by atomic mass is 16.5. The fraction of sp³-hybridized carbons (Fsp3) is 0.750. The molecule has 2 atom stereocenters. The summed E-state index contributed by atoms with van der Waals surface area (Å²) in [4.78, 5) is 49.3. The Morgan fingerprint density at radius 3 is 2.40 bits per heavy atom. The topological polar surface area (TPSA) is 138 Å². The van der Waals surface area contributed by atoms with Crippen LogP contribution in [0, 0.1) is 11.8 Å². The van der Waals surface area contributed by atoms with Gasteiger partial charge in [-0.3, -0.25) is 24.5 Å². The van der Waals surface area contributed by atoms with Crippen molar-refractivity contribution in [2.45, 2.75) is 65.0 Å². The van der Waals surface area contributed by atoms with Gasteiger partial charge in [0.2, 0.25) is 23.6 Å². The highest BCUT2D eigenvalue weighted by molar-refractivity contribution is 5.88. The van der Waals surface area contributed by atoms with Crippen molar-refractivity contribution in [2.24, 2.45) is 0 Å². The van der Waals surface area contributed by atoms with Crippen molar-refractivity contribution >= 4 is 23.6 Å². The lowest BCUT2D eigenvalue weighted by Gasteiger charge is -2.21. The standard InChI is InChI=1S/C24H41N5O6/c1-4-6-7-10-20(5-2)35-17-23(32)28-15-22(31)27-14-21(30)26-11-13-34-18-25-16-24(33)29-12-8-9-19(29)3/h19-20,25H,4-6,8-9,11-18H2,1-3H3,(H,26,30)(H,27,31)(H,28,32). The van der Waals surface area contributed by atoms with Gasteiger partial charge in [-0.25, -0.2) is 0 Å². The summed E-state index contributed by atoms with van der Waals surface area (Å²) in [6.07, 6.45) is 4.18. The van der Waals surface area contributed by atoms with Crippen LogP contribution in [-0.2, 0) is 28.7 Å². The molecule has 4 N–H and O–H groups in total. The number of amides is 4. The highest BCUT2D eigenvalue weighted by Crippen LogP contribution is 2.15. The monoisotopic (exact) mass is 495 g/mol. The summed E-state index contributed by atoms with van der Waals surface area (Å²) in [6, 6.07) is 0.292. The Balaban J connectivity index is 2.02. The number of hydrogen-bond donors (Lipinski definition) is 4. The number of carbonyl (C=O) groups is 4. The molecule has 11 nitrogen and oxygen atoms in total. The quantitative estimate of drug-likeness (QED) is 0.129. The van der Waals surface area contributed by atoms with Crippen molar-refractivity contribution in [3.8, 4) is 11.8 Å². The summed E-state index contributed by atoms with van der Waals surface area (Å²) in [7, 11) is 0. The molecular weight excluding hydrogens is 454 g/mol. The van der Waals surface area contributed by atoms with Crippen LogP contribution < -0.4 is 21.3 Å². The fourth-order valence-corrected chi connectivity index (χ4v) is 3.25. The van der Waals surface area contributed by atoms with Crippen LogP contribution in [0.15, 0.2) is 0 Å². The van der Waals surface area contributed by atoms with Gasteiger partial charge in [0, 0.05) is 25.6 Å². The first-order chi connectivity index (χ1) is 16.9. The van der Waals surface area contributed by atoms with Gasteiger partial charge in [0.05, 0.1) is 33.0 Å². The maximum Gasteiger partial charge on any atom is 0.246 e. The van der Waals surface area contributed by atoms with Crippen molar-refractivity contribution in [2.75, 3.05) is 52.7 Å². The molecule has 0 aliphatic carbocycles. The predicted molar refractivity (Wildman–Crippen MR) is 131 cm³/mol. The zero-order valence-corrected chi connectivity index (χ0v) is 21.2. The molecule has 0 aromatic carbocycles. The van der Waals surface area contributed by atoms with Crippen LogP contribution in [0.1, 0.15) is 52.9 Å². The van der Waals surface area contributed by atoms with Crippen molar-refractivity contribution in [1.29, 1.82) is 0 Å². The molecule has 0 bridgehead atoms. The molecule has 1 heterocycles. The summed E-state index contributed by atoms with van der Waals surface area (Å²) in [5.74, 6) is 4.74. The summed E-state index contributed by atoms with van der Waals surface area (Å²) in [5, 5.41) is 10.4. The van der Waals surface area contributed by atoms with E-state index in [4.69, 9.17) is 9.47 Å². The van der Waals surface area contributed by atoms with Gasteiger partial charge in [-0.15, -0.1) is 5.92 Å². The van der Waals surface area contributed by atoms with E-state index in [0.717, 1.165) is 32.2 Å². The van der Waals surface area contributed by atoms with Gasteiger partial charge in [-0.1, -0.05) is 19.8 Å². The third-order valence-electron chi connectivity index (χ3n) is 5.24. The van der Waals surface area contributed by atoms with Crippen molar-refractivity contribution in [1.82, 2.24) is 26.2 Å². The number of hydrogen-bond acceptors (Lipinski definition) is 7. The molecule has 0 radical (unpaired) electrons. The van der Waals surface area contributed by atoms with E-state index in [1.54, 1.807) is 0 Å². The normalized spacial score (nSPS) is 15.6. The first kappa shape index (κ1) is 30.4. The molecule has 198 valence electrons. The largest absolute Gasteiger partial charge is 0.364 e. The average molecular weight is 496 g/mol. The third kappa shape index (κ3) is 14.3. The van der Waals surface area contributed by atoms with E-state index in [0.29, 0.717) is 12.5 Å². The molecule has 4 amide bonds. The lowest BCUT2D eigenvalue weighted by atomic mass is 10.2. The molecule has 1 aliphatic heterocycles. The van der Waals surface area contributed by atoms with E-state index in [-0.39, 0.29) is 64.0 Å². The molecule has 35 heavy (non-hydrogen) atoms. The Kier molecular flexibility index (Phi) is 16.1. The van der Waals surface area contributed by atoms with Gasteiger partial charge in [0.15, 0.2) is 0 Å². The zero-order valence-electron chi connectivity index (χ0n) is 21.2. The minimum Gasteiger partial charge on any atom is -0.364 e. The Bertz CT molecular complexity index is 736. The highest BCUT2D eigenvalue weighted by Gasteiger charge is 2.24. The predicted octanol–water partition coefficient (Wildman–Crippen LogP) is -0.492. The SMILES string of the molecule is CCCC#CC(CC)OCC(=O)NCC(=O)NCC(=O)NCCOCNCC(=O)N1CCCC1C. The van der Waals surface area contributed by atoms with Crippen LogP contribution >= 0.6 is 0 Å². The third-order valence-corrected chi connectivity index (χ3v) is 5.24. The summed E-state index contributed by atoms with van der Waals surface area (Å²) >= 11 is 0. The molecule has 0 saturated carbocycles. The lowest BCUT2D eigenvalue weighted by molar-refractivity contribution is -0.131. The maximum atomic E-state index is 12.0. The van der Waals surface area contributed by atoms with Gasteiger partial charge in [0.1, 0.15) is 12.7 Å². The van der Waals surface area contributed by atoms with Gasteiger partial charge in [0.25, 0.3) is 0 Å². The summed E-state index contributed by atoms with van der Waals surface area (Å²) < 4.78 is 10.8. The molecular formula is C24H41N5O6. The molecule has 1 fully saturated rings. The molecule has 1 aliphatic rings. The molecule has 0 aromatic rings. The van der Waals surface area contributed by atoms with Crippen molar-refractivity contribution in [3.05, 3.63) is 0 Å². The Hall–Kier alpha value is -2.68. The number of nitrogens with zero attached hydrogens (tertiary/aromatic N) is 1.